The maximum atomic E-state index is 12.1. The number of aromatic nitrogens is 2. The van der Waals surface area contributed by atoms with Crippen molar-refractivity contribution in [2.45, 2.75) is 6.54 Å². The number of nitrogens with zero attached hydrogens (tertiary/aromatic N) is 3. The molecule has 4 rings (SSSR count). The van der Waals surface area contributed by atoms with E-state index in [0.29, 0.717) is 10.8 Å². The molecule has 0 atom stereocenters. The van der Waals surface area contributed by atoms with Gasteiger partial charge < -0.3 is 10.2 Å². The number of carbonyl (C=O) groups is 1. The zero-order valence-electron chi connectivity index (χ0n) is 13.3. The fraction of sp³-hybridized carbons (Fsp3) is 0.111. The highest BCUT2D eigenvalue weighted by Gasteiger charge is 2.23. The lowest BCUT2D eigenvalue weighted by molar-refractivity contribution is 0.262. The van der Waals surface area contributed by atoms with Crippen molar-refractivity contribution in [1.82, 2.24) is 9.78 Å². The van der Waals surface area contributed by atoms with Crippen LogP contribution in [0, 0.1) is 0 Å². The van der Waals surface area contributed by atoms with Gasteiger partial charge in [-0.1, -0.05) is 35.9 Å². The SMILES string of the molecule is O=C(Nc1ccccc1)Nc1cc2n(n1)CCN2c1cccc(Cl)c1. The molecular weight excluding hydrogens is 338 g/mol. The largest absolute Gasteiger partial charge is 0.325 e. The zero-order chi connectivity index (χ0) is 17.2. The number of hydrogen-bond acceptors (Lipinski definition) is 3. The van der Waals surface area contributed by atoms with E-state index in [2.05, 4.69) is 20.6 Å². The minimum atomic E-state index is -0.322. The minimum absolute atomic E-state index is 0.322. The van der Waals surface area contributed by atoms with Gasteiger partial charge in [-0.15, -0.1) is 0 Å². The third kappa shape index (κ3) is 3.29. The second kappa shape index (κ2) is 6.49. The molecule has 1 aromatic heterocycles. The Morgan fingerprint density at radius 2 is 1.84 bits per heavy atom. The van der Waals surface area contributed by atoms with E-state index >= 15 is 0 Å². The number of rotatable bonds is 3. The summed E-state index contributed by atoms with van der Waals surface area (Å²) in [5.74, 6) is 1.44. The van der Waals surface area contributed by atoms with Gasteiger partial charge in [0.1, 0.15) is 5.82 Å². The highest BCUT2D eigenvalue weighted by Crippen LogP contribution is 2.32. The molecule has 126 valence electrons. The van der Waals surface area contributed by atoms with Crippen LogP contribution in [0.3, 0.4) is 0 Å². The van der Waals surface area contributed by atoms with Gasteiger partial charge in [0, 0.05) is 29.0 Å². The summed E-state index contributed by atoms with van der Waals surface area (Å²) in [7, 11) is 0. The quantitative estimate of drug-likeness (QED) is 0.736. The number of amides is 2. The Bertz CT molecular complexity index is 909. The van der Waals surface area contributed by atoms with E-state index in [1.807, 2.05) is 65.3 Å². The molecule has 2 aromatic carbocycles. The summed E-state index contributed by atoms with van der Waals surface area (Å²) in [6, 6.07) is 18.5. The van der Waals surface area contributed by atoms with Gasteiger partial charge in [0.05, 0.1) is 6.54 Å². The fourth-order valence-electron chi connectivity index (χ4n) is 2.86. The van der Waals surface area contributed by atoms with Gasteiger partial charge in [-0.3, -0.25) is 5.32 Å². The Morgan fingerprint density at radius 1 is 1.00 bits per heavy atom. The molecule has 7 heteroatoms. The third-order valence-corrected chi connectivity index (χ3v) is 4.20. The average molecular weight is 354 g/mol. The van der Waals surface area contributed by atoms with E-state index in [1.54, 1.807) is 0 Å². The number of fused-ring (bicyclic) bond motifs is 1. The van der Waals surface area contributed by atoms with E-state index in [4.69, 9.17) is 11.6 Å². The molecule has 0 bridgehead atoms. The van der Waals surface area contributed by atoms with E-state index in [0.717, 1.165) is 30.3 Å². The van der Waals surface area contributed by atoms with Gasteiger partial charge in [-0.05, 0) is 30.3 Å². The summed E-state index contributed by atoms with van der Waals surface area (Å²) in [6.45, 7) is 1.57. The number of halogens is 1. The molecule has 2 N–H and O–H groups in total. The first kappa shape index (κ1) is 15.5. The maximum absolute atomic E-state index is 12.1. The number of anilines is 4. The van der Waals surface area contributed by atoms with Crippen LogP contribution in [0.15, 0.2) is 60.7 Å². The van der Waals surface area contributed by atoms with Crippen molar-refractivity contribution in [2.24, 2.45) is 0 Å². The average Bonchev–Trinajstić information content (AvgIpc) is 3.15. The molecule has 2 heterocycles. The van der Waals surface area contributed by atoms with Crippen molar-refractivity contribution >= 4 is 40.6 Å². The Hall–Kier alpha value is -2.99. The Labute approximate surface area is 150 Å². The van der Waals surface area contributed by atoms with Crippen LogP contribution in [0.5, 0.6) is 0 Å². The standard InChI is InChI=1S/C18H16ClN5O/c19-13-5-4-8-15(11-13)23-9-10-24-17(23)12-16(22-24)21-18(25)20-14-6-2-1-3-7-14/h1-8,11-12H,9-10H2,(H2,20,21,22,25). The van der Waals surface area contributed by atoms with Crippen molar-refractivity contribution in [1.29, 1.82) is 0 Å². The first-order valence-corrected chi connectivity index (χ1v) is 8.31. The van der Waals surface area contributed by atoms with Gasteiger partial charge in [0.2, 0.25) is 0 Å². The van der Waals surface area contributed by atoms with E-state index in [-0.39, 0.29) is 6.03 Å². The lowest BCUT2D eigenvalue weighted by Crippen LogP contribution is -2.20. The number of nitrogens with one attached hydrogen (secondary N) is 2. The molecule has 6 nitrogen and oxygen atoms in total. The molecule has 3 aromatic rings. The van der Waals surface area contributed by atoms with Gasteiger partial charge in [-0.2, -0.15) is 5.10 Å². The van der Waals surface area contributed by atoms with Gasteiger partial charge in [0.25, 0.3) is 0 Å². The molecule has 0 fully saturated rings. The lowest BCUT2D eigenvalue weighted by Gasteiger charge is -2.17. The molecule has 1 aliphatic rings. The normalized spacial score (nSPS) is 12.8. The predicted molar refractivity (Wildman–Crippen MR) is 99.8 cm³/mol. The van der Waals surface area contributed by atoms with Crippen molar-refractivity contribution in [3.05, 3.63) is 65.7 Å². The lowest BCUT2D eigenvalue weighted by atomic mass is 10.3. The molecule has 0 saturated carbocycles. The Balaban J connectivity index is 1.49. The van der Waals surface area contributed by atoms with Crippen LogP contribution < -0.4 is 15.5 Å². The van der Waals surface area contributed by atoms with Crippen LogP contribution in [0.2, 0.25) is 5.02 Å². The van der Waals surface area contributed by atoms with Crippen molar-refractivity contribution < 1.29 is 4.79 Å². The van der Waals surface area contributed by atoms with Gasteiger partial charge >= 0.3 is 6.03 Å². The first-order chi connectivity index (χ1) is 12.2. The Morgan fingerprint density at radius 3 is 2.64 bits per heavy atom. The van der Waals surface area contributed by atoms with Crippen LogP contribution in [0.25, 0.3) is 0 Å². The monoisotopic (exact) mass is 353 g/mol. The number of carbonyl (C=O) groups excluding carboxylic acids is 1. The number of hydrogen-bond donors (Lipinski definition) is 2. The maximum Gasteiger partial charge on any atom is 0.324 e. The topological polar surface area (TPSA) is 62.2 Å². The van der Waals surface area contributed by atoms with E-state index in [9.17, 15) is 4.79 Å². The molecular formula is C18H16ClN5O. The summed E-state index contributed by atoms with van der Waals surface area (Å²) in [6.07, 6.45) is 0. The number of urea groups is 1. The summed E-state index contributed by atoms with van der Waals surface area (Å²) in [4.78, 5) is 14.2. The molecule has 1 aliphatic heterocycles. The molecule has 0 aliphatic carbocycles. The van der Waals surface area contributed by atoms with Crippen molar-refractivity contribution in [3.8, 4) is 0 Å². The van der Waals surface area contributed by atoms with Crippen LogP contribution in [-0.4, -0.2) is 22.4 Å². The molecule has 0 unspecified atom stereocenters. The van der Waals surface area contributed by atoms with Gasteiger partial charge in [0.15, 0.2) is 5.82 Å². The first-order valence-electron chi connectivity index (χ1n) is 7.93. The minimum Gasteiger partial charge on any atom is -0.325 e. The highest BCUT2D eigenvalue weighted by atomic mass is 35.5. The summed E-state index contributed by atoms with van der Waals surface area (Å²) in [5.41, 5.74) is 1.73. The molecule has 0 saturated heterocycles. The van der Waals surface area contributed by atoms with Gasteiger partial charge in [-0.25, -0.2) is 9.48 Å². The predicted octanol–water partition coefficient (Wildman–Crippen LogP) is 4.33. The zero-order valence-corrected chi connectivity index (χ0v) is 14.1. The van der Waals surface area contributed by atoms with Crippen molar-refractivity contribution in [3.63, 3.8) is 0 Å². The van der Waals surface area contributed by atoms with Crippen molar-refractivity contribution in [2.75, 3.05) is 22.1 Å². The number of para-hydroxylation sites is 1. The molecule has 0 radical (unpaired) electrons. The van der Waals surface area contributed by atoms with Crippen LogP contribution in [-0.2, 0) is 6.54 Å². The third-order valence-electron chi connectivity index (χ3n) is 3.96. The van der Waals surface area contributed by atoms with Crippen LogP contribution >= 0.6 is 11.6 Å². The van der Waals surface area contributed by atoms with E-state index < -0.39 is 0 Å². The van der Waals surface area contributed by atoms with E-state index in [1.165, 1.54) is 0 Å². The smallest absolute Gasteiger partial charge is 0.324 e. The Kier molecular flexibility index (Phi) is 4.03. The second-order valence-corrected chi connectivity index (χ2v) is 6.12. The number of benzene rings is 2. The van der Waals surface area contributed by atoms with Crippen LogP contribution in [0.4, 0.5) is 27.8 Å². The molecule has 0 spiro atoms. The summed E-state index contributed by atoms with van der Waals surface area (Å²) in [5, 5.41) is 10.7. The summed E-state index contributed by atoms with van der Waals surface area (Å²) < 4.78 is 1.87. The highest BCUT2D eigenvalue weighted by molar-refractivity contribution is 6.30. The molecule has 2 amide bonds. The second-order valence-electron chi connectivity index (χ2n) is 5.69. The fourth-order valence-corrected chi connectivity index (χ4v) is 3.05. The molecule has 25 heavy (non-hydrogen) atoms. The summed E-state index contributed by atoms with van der Waals surface area (Å²) >= 11 is 6.09. The van der Waals surface area contributed by atoms with Crippen LogP contribution in [0.1, 0.15) is 0 Å².